The summed E-state index contributed by atoms with van der Waals surface area (Å²) in [7, 11) is 0. The van der Waals surface area contributed by atoms with Gasteiger partial charge in [0.1, 0.15) is 0 Å². The third-order valence-electron chi connectivity index (χ3n) is 3.10. The summed E-state index contributed by atoms with van der Waals surface area (Å²) in [5.74, 6) is 0. The summed E-state index contributed by atoms with van der Waals surface area (Å²) in [6.45, 7) is 6.32. The Balaban J connectivity index is 2.06. The summed E-state index contributed by atoms with van der Waals surface area (Å²) in [4.78, 5) is 0. The highest BCUT2D eigenvalue weighted by Crippen LogP contribution is 2.20. The summed E-state index contributed by atoms with van der Waals surface area (Å²) in [5.41, 5.74) is 2.32. The Morgan fingerprint density at radius 3 is 2.80 bits per heavy atom. The molecule has 0 aliphatic carbocycles. The summed E-state index contributed by atoms with van der Waals surface area (Å²) in [5, 5.41) is 8.08. The minimum atomic E-state index is 0.601. The van der Waals surface area contributed by atoms with E-state index in [2.05, 4.69) is 38.0 Å². The van der Waals surface area contributed by atoms with Crippen LogP contribution in [0.1, 0.15) is 30.7 Å². The van der Waals surface area contributed by atoms with Crippen molar-refractivity contribution in [2.45, 2.75) is 45.7 Å². The zero-order chi connectivity index (χ0) is 10.8. The molecule has 1 fully saturated rings. The number of aromatic nitrogens is 2. The number of piperidine rings is 1. The van der Waals surface area contributed by atoms with Crippen molar-refractivity contribution in [3.63, 3.8) is 0 Å². The fourth-order valence-electron chi connectivity index (χ4n) is 2.14. The van der Waals surface area contributed by atoms with Gasteiger partial charge in [-0.15, -0.1) is 0 Å². The van der Waals surface area contributed by atoms with Crippen LogP contribution < -0.4 is 5.32 Å². The topological polar surface area (TPSA) is 29.9 Å². The predicted octanol–water partition coefficient (Wildman–Crippen LogP) is 2.40. The molecule has 1 aliphatic rings. The first kappa shape index (κ1) is 11.1. The number of nitrogens with zero attached hydrogens (tertiary/aromatic N) is 2. The maximum Gasteiger partial charge on any atom is 0.0738 e. The standard InChI is InChI=1S/C11H18BrN3/c1-8-11(12)9(2)15(14-8)7-10-5-3-4-6-13-10/h10,13H,3-7H2,1-2H3. The second kappa shape index (κ2) is 4.66. The van der Waals surface area contributed by atoms with E-state index in [1.165, 1.54) is 25.0 Å². The maximum absolute atomic E-state index is 4.53. The molecule has 1 aromatic rings. The van der Waals surface area contributed by atoms with Gasteiger partial charge in [-0.1, -0.05) is 6.42 Å². The van der Waals surface area contributed by atoms with Gasteiger partial charge in [-0.05, 0) is 49.2 Å². The predicted molar refractivity (Wildman–Crippen MR) is 65.0 cm³/mol. The molecular formula is C11H18BrN3. The summed E-state index contributed by atoms with van der Waals surface area (Å²) in [6.07, 6.45) is 3.94. The minimum Gasteiger partial charge on any atom is -0.312 e. The molecule has 4 heteroatoms. The van der Waals surface area contributed by atoms with Crippen LogP contribution in [0.3, 0.4) is 0 Å². The molecule has 3 nitrogen and oxygen atoms in total. The van der Waals surface area contributed by atoms with E-state index in [4.69, 9.17) is 0 Å². The minimum absolute atomic E-state index is 0.601. The van der Waals surface area contributed by atoms with Crippen molar-refractivity contribution in [3.05, 3.63) is 15.9 Å². The lowest BCUT2D eigenvalue weighted by atomic mass is 10.1. The van der Waals surface area contributed by atoms with Crippen molar-refractivity contribution in [1.82, 2.24) is 15.1 Å². The van der Waals surface area contributed by atoms with Crippen molar-refractivity contribution in [2.75, 3.05) is 6.54 Å². The van der Waals surface area contributed by atoms with Crippen molar-refractivity contribution in [1.29, 1.82) is 0 Å². The lowest BCUT2D eigenvalue weighted by Crippen LogP contribution is -2.37. The van der Waals surface area contributed by atoms with Crippen LogP contribution in [-0.2, 0) is 6.54 Å². The SMILES string of the molecule is Cc1nn(CC2CCCCN2)c(C)c1Br. The Labute approximate surface area is 99.4 Å². The number of hydrogen-bond donors (Lipinski definition) is 1. The van der Waals surface area contributed by atoms with Gasteiger partial charge in [-0.2, -0.15) is 5.10 Å². The summed E-state index contributed by atoms with van der Waals surface area (Å²) < 4.78 is 3.26. The highest BCUT2D eigenvalue weighted by molar-refractivity contribution is 9.10. The maximum atomic E-state index is 4.53. The average molecular weight is 272 g/mol. The number of rotatable bonds is 2. The summed E-state index contributed by atoms with van der Waals surface area (Å²) in [6, 6.07) is 0.601. The van der Waals surface area contributed by atoms with E-state index in [0.717, 1.165) is 23.3 Å². The first-order valence-electron chi connectivity index (χ1n) is 5.61. The van der Waals surface area contributed by atoms with Gasteiger partial charge in [0.15, 0.2) is 0 Å². The first-order chi connectivity index (χ1) is 7.18. The molecule has 1 N–H and O–H groups in total. The normalized spacial score (nSPS) is 21.9. The number of nitrogens with one attached hydrogen (secondary N) is 1. The molecule has 0 amide bonds. The molecule has 1 aliphatic heterocycles. The van der Waals surface area contributed by atoms with E-state index < -0.39 is 0 Å². The zero-order valence-electron chi connectivity index (χ0n) is 9.39. The van der Waals surface area contributed by atoms with Gasteiger partial charge in [0.2, 0.25) is 0 Å². The van der Waals surface area contributed by atoms with Crippen LogP contribution in [0.25, 0.3) is 0 Å². The van der Waals surface area contributed by atoms with Crippen molar-refractivity contribution in [2.24, 2.45) is 0 Å². The van der Waals surface area contributed by atoms with Crippen LogP contribution in [0.2, 0.25) is 0 Å². The monoisotopic (exact) mass is 271 g/mol. The van der Waals surface area contributed by atoms with E-state index in [0.29, 0.717) is 6.04 Å². The van der Waals surface area contributed by atoms with E-state index >= 15 is 0 Å². The van der Waals surface area contributed by atoms with Crippen LogP contribution >= 0.6 is 15.9 Å². The van der Waals surface area contributed by atoms with Crippen LogP contribution in [-0.4, -0.2) is 22.4 Å². The highest BCUT2D eigenvalue weighted by Gasteiger charge is 2.16. The van der Waals surface area contributed by atoms with Gasteiger partial charge >= 0.3 is 0 Å². The zero-order valence-corrected chi connectivity index (χ0v) is 11.0. The molecule has 2 heterocycles. The van der Waals surface area contributed by atoms with Crippen LogP contribution in [0.4, 0.5) is 0 Å². The van der Waals surface area contributed by atoms with Gasteiger partial charge in [0, 0.05) is 11.7 Å². The van der Waals surface area contributed by atoms with E-state index in [1.807, 2.05) is 6.92 Å². The smallest absolute Gasteiger partial charge is 0.0738 e. The fraction of sp³-hybridized carbons (Fsp3) is 0.727. The molecule has 0 bridgehead atoms. The van der Waals surface area contributed by atoms with Gasteiger partial charge in [0.25, 0.3) is 0 Å². The molecule has 0 saturated carbocycles. The van der Waals surface area contributed by atoms with Crippen LogP contribution in [0.5, 0.6) is 0 Å². The van der Waals surface area contributed by atoms with E-state index in [9.17, 15) is 0 Å². The second-order valence-corrected chi connectivity index (χ2v) is 5.11. The van der Waals surface area contributed by atoms with Gasteiger partial charge in [-0.3, -0.25) is 4.68 Å². The first-order valence-corrected chi connectivity index (χ1v) is 6.40. The molecule has 84 valence electrons. The lowest BCUT2D eigenvalue weighted by Gasteiger charge is -2.23. The number of aryl methyl sites for hydroxylation is 1. The molecule has 1 unspecified atom stereocenters. The molecule has 0 radical (unpaired) electrons. The van der Waals surface area contributed by atoms with Gasteiger partial charge < -0.3 is 5.32 Å². The molecule has 0 aromatic carbocycles. The van der Waals surface area contributed by atoms with Crippen molar-refractivity contribution < 1.29 is 0 Å². The third-order valence-corrected chi connectivity index (χ3v) is 4.25. The Morgan fingerprint density at radius 2 is 2.27 bits per heavy atom. The fourth-order valence-corrected chi connectivity index (χ4v) is 2.43. The number of halogens is 1. The Morgan fingerprint density at radius 1 is 1.47 bits per heavy atom. The van der Waals surface area contributed by atoms with Gasteiger partial charge in [-0.25, -0.2) is 0 Å². The largest absolute Gasteiger partial charge is 0.312 e. The number of hydrogen-bond acceptors (Lipinski definition) is 2. The Kier molecular flexibility index (Phi) is 3.46. The molecule has 1 atom stereocenters. The Hall–Kier alpha value is -0.350. The lowest BCUT2D eigenvalue weighted by molar-refractivity contribution is 0.348. The van der Waals surface area contributed by atoms with E-state index in [1.54, 1.807) is 0 Å². The van der Waals surface area contributed by atoms with Crippen LogP contribution in [0.15, 0.2) is 4.47 Å². The quantitative estimate of drug-likeness (QED) is 0.896. The van der Waals surface area contributed by atoms with Gasteiger partial charge in [0.05, 0.1) is 16.7 Å². The van der Waals surface area contributed by atoms with Crippen molar-refractivity contribution >= 4 is 15.9 Å². The average Bonchev–Trinajstić information content (AvgIpc) is 2.48. The third kappa shape index (κ3) is 2.42. The molecule has 15 heavy (non-hydrogen) atoms. The molecule has 0 spiro atoms. The van der Waals surface area contributed by atoms with Crippen molar-refractivity contribution in [3.8, 4) is 0 Å². The molecule has 1 aromatic heterocycles. The van der Waals surface area contributed by atoms with Crippen LogP contribution in [0, 0.1) is 13.8 Å². The highest BCUT2D eigenvalue weighted by atomic mass is 79.9. The van der Waals surface area contributed by atoms with E-state index in [-0.39, 0.29) is 0 Å². The second-order valence-electron chi connectivity index (χ2n) is 4.31. The summed E-state index contributed by atoms with van der Waals surface area (Å²) >= 11 is 3.56. The molecule has 1 saturated heterocycles. The molecule has 2 rings (SSSR count). The molecular weight excluding hydrogens is 254 g/mol. The Bertz CT molecular complexity index is 340.